The van der Waals surface area contributed by atoms with Crippen LogP contribution < -0.4 is 21.9 Å². The first kappa shape index (κ1) is 11.7. The zero-order valence-electron chi connectivity index (χ0n) is 9.69. The Kier molecular flexibility index (Phi) is 3.97. The normalized spacial score (nSPS) is 10.2. The molecule has 4 N–H and O–H groups in total. The number of hydrazine groups is 2. The van der Waals surface area contributed by atoms with E-state index >= 15 is 0 Å². The lowest BCUT2D eigenvalue weighted by atomic mass is 10.3. The van der Waals surface area contributed by atoms with E-state index in [2.05, 4.69) is 21.4 Å². The summed E-state index contributed by atoms with van der Waals surface area (Å²) in [6.07, 6.45) is 0. The molecule has 0 radical (unpaired) electrons. The minimum absolute atomic E-state index is 0.883. The molecule has 92 valence electrons. The summed E-state index contributed by atoms with van der Waals surface area (Å²) >= 11 is 0. The Labute approximate surface area is 105 Å². The van der Waals surface area contributed by atoms with Crippen LogP contribution in [0, 0.1) is 0 Å². The first-order chi connectivity index (χ1) is 8.90. The SMILES string of the molecule is NN=NNN(Nc1ccccc1)c1ccccc1. The second kappa shape index (κ2) is 6.09. The number of nitrogens with zero attached hydrogens (tertiary/aromatic N) is 3. The van der Waals surface area contributed by atoms with Gasteiger partial charge in [-0.3, -0.25) is 5.43 Å². The Hall–Kier alpha value is -2.76. The third-order valence-electron chi connectivity index (χ3n) is 2.23. The topological polar surface area (TPSA) is 78.0 Å². The molecule has 0 saturated heterocycles. The van der Waals surface area contributed by atoms with E-state index in [1.54, 1.807) is 5.12 Å². The molecule has 0 spiro atoms. The molecule has 2 aromatic rings. The standard InChI is InChI=1S/C12H14N6/c13-15-16-17-18(12-9-5-2-6-10-12)14-11-7-3-1-4-8-11/h1-10,14H,(H2,13,16)(H,15,17). The summed E-state index contributed by atoms with van der Waals surface area (Å²) in [4.78, 5) is 0. The summed E-state index contributed by atoms with van der Waals surface area (Å²) in [6.45, 7) is 0. The molecule has 6 nitrogen and oxygen atoms in total. The predicted octanol–water partition coefficient (Wildman–Crippen LogP) is 2.27. The van der Waals surface area contributed by atoms with Crippen LogP contribution in [-0.4, -0.2) is 0 Å². The summed E-state index contributed by atoms with van der Waals surface area (Å²) in [7, 11) is 0. The van der Waals surface area contributed by atoms with Crippen LogP contribution >= 0.6 is 0 Å². The van der Waals surface area contributed by atoms with Crippen LogP contribution in [0.3, 0.4) is 0 Å². The van der Waals surface area contributed by atoms with Gasteiger partial charge in [-0.25, -0.2) is 0 Å². The van der Waals surface area contributed by atoms with E-state index in [1.807, 2.05) is 60.7 Å². The van der Waals surface area contributed by atoms with Crippen molar-refractivity contribution in [3.8, 4) is 0 Å². The fourth-order valence-electron chi connectivity index (χ4n) is 1.44. The quantitative estimate of drug-likeness (QED) is 0.427. The third kappa shape index (κ3) is 3.11. The number of rotatable bonds is 5. The van der Waals surface area contributed by atoms with E-state index < -0.39 is 0 Å². The lowest BCUT2D eigenvalue weighted by molar-refractivity contribution is 0.659. The van der Waals surface area contributed by atoms with Gasteiger partial charge in [0.05, 0.1) is 11.4 Å². The molecule has 0 saturated carbocycles. The van der Waals surface area contributed by atoms with Crippen LogP contribution in [0.1, 0.15) is 0 Å². The van der Waals surface area contributed by atoms with Crippen LogP contribution in [0.25, 0.3) is 0 Å². The Bertz CT molecular complexity index is 484. The molecule has 0 amide bonds. The van der Waals surface area contributed by atoms with Crippen LogP contribution in [0.5, 0.6) is 0 Å². The van der Waals surface area contributed by atoms with Gasteiger partial charge in [-0.1, -0.05) is 41.6 Å². The van der Waals surface area contributed by atoms with Crippen molar-refractivity contribution in [2.75, 3.05) is 10.5 Å². The van der Waals surface area contributed by atoms with Gasteiger partial charge in [0, 0.05) is 0 Å². The smallest absolute Gasteiger partial charge is 0.0828 e. The van der Waals surface area contributed by atoms with Gasteiger partial charge in [-0.2, -0.15) is 10.7 Å². The Balaban J connectivity index is 2.16. The number of para-hydroxylation sites is 2. The molecule has 0 unspecified atom stereocenters. The average Bonchev–Trinajstić information content (AvgIpc) is 2.45. The number of nitrogens with one attached hydrogen (secondary N) is 2. The number of nitrogens with two attached hydrogens (primary N) is 1. The van der Waals surface area contributed by atoms with E-state index in [0.29, 0.717) is 0 Å². The minimum atomic E-state index is 0.883. The lowest BCUT2D eigenvalue weighted by Crippen LogP contribution is -2.39. The highest BCUT2D eigenvalue weighted by Gasteiger charge is 2.04. The van der Waals surface area contributed by atoms with Gasteiger partial charge in [-0.05, 0) is 29.5 Å². The Morgan fingerprint density at radius 1 is 0.889 bits per heavy atom. The summed E-state index contributed by atoms with van der Waals surface area (Å²) < 4.78 is 0. The lowest BCUT2D eigenvalue weighted by Gasteiger charge is -2.23. The molecule has 2 aromatic carbocycles. The van der Waals surface area contributed by atoms with Crippen molar-refractivity contribution >= 4 is 11.4 Å². The van der Waals surface area contributed by atoms with Crippen molar-refractivity contribution < 1.29 is 0 Å². The molecule has 2 rings (SSSR count). The van der Waals surface area contributed by atoms with Crippen LogP contribution in [0.4, 0.5) is 11.4 Å². The Morgan fingerprint density at radius 2 is 1.50 bits per heavy atom. The second-order valence-corrected chi connectivity index (χ2v) is 3.46. The van der Waals surface area contributed by atoms with E-state index in [0.717, 1.165) is 11.4 Å². The van der Waals surface area contributed by atoms with E-state index in [4.69, 9.17) is 5.84 Å². The monoisotopic (exact) mass is 242 g/mol. The zero-order chi connectivity index (χ0) is 12.6. The summed E-state index contributed by atoms with van der Waals surface area (Å²) in [6, 6.07) is 19.4. The average molecular weight is 242 g/mol. The molecule has 0 heterocycles. The van der Waals surface area contributed by atoms with Crippen molar-refractivity contribution in [2.24, 2.45) is 16.3 Å². The van der Waals surface area contributed by atoms with Gasteiger partial charge < -0.3 is 5.84 Å². The van der Waals surface area contributed by atoms with Gasteiger partial charge in [0.15, 0.2) is 0 Å². The van der Waals surface area contributed by atoms with Gasteiger partial charge in [0.1, 0.15) is 0 Å². The maximum Gasteiger partial charge on any atom is 0.0828 e. The molecular weight excluding hydrogens is 228 g/mol. The summed E-state index contributed by atoms with van der Waals surface area (Å²) in [5, 5.41) is 8.35. The maximum atomic E-state index is 4.99. The molecular formula is C12H14N6. The fourth-order valence-corrected chi connectivity index (χ4v) is 1.44. The van der Waals surface area contributed by atoms with Gasteiger partial charge in [0.25, 0.3) is 0 Å². The third-order valence-corrected chi connectivity index (χ3v) is 2.23. The van der Waals surface area contributed by atoms with Gasteiger partial charge in [-0.15, -0.1) is 0 Å². The van der Waals surface area contributed by atoms with Crippen LogP contribution in [0.15, 0.2) is 71.1 Å². The molecule has 6 heteroatoms. The van der Waals surface area contributed by atoms with Crippen LogP contribution in [-0.2, 0) is 0 Å². The molecule has 0 fully saturated rings. The van der Waals surface area contributed by atoms with Crippen molar-refractivity contribution in [1.29, 1.82) is 0 Å². The molecule has 0 aliphatic carbocycles. The first-order valence-electron chi connectivity index (χ1n) is 5.42. The highest BCUT2D eigenvalue weighted by atomic mass is 15.8. The largest absolute Gasteiger partial charge is 0.303 e. The molecule has 0 aliphatic rings. The van der Waals surface area contributed by atoms with Gasteiger partial charge >= 0.3 is 0 Å². The fraction of sp³-hybridized carbons (Fsp3) is 0. The number of hydrogen-bond acceptors (Lipinski definition) is 4. The number of hydrogen-bond donors (Lipinski definition) is 3. The zero-order valence-corrected chi connectivity index (χ0v) is 9.69. The molecule has 18 heavy (non-hydrogen) atoms. The van der Waals surface area contributed by atoms with Crippen molar-refractivity contribution in [3.05, 3.63) is 60.7 Å². The number of benzene rings is 2. The first-order valence-corrected chi connectivity index (χ1v) is 5.42. The number of anilines is 2. The predicted molar refractivity (Wildman–Crippen MR) is 71.2 cm³/mol. The van der Waals surface area contributed by atoms with Crippen molar-refractivity contribution in [1.82, 2.24) is 5.53 Å². The van der Waals surface area contributed by atoms with Crippen molar-refractivity contribution in [2.45, 2.75) is 0 Å². The second-order valence-electron chi connectivity index (χ2n) is 3.46. The van der Waals surface area contributed by atoms with E-state index in [1.165, 1.54) is 0 Å². The maximum absolute atomic E-state index is 4.99. The highest BCUT2D eigenvalue weighted by molar-refractivity contribution is 5.53. The summed E-state index contributed by atoms with van der Waals surface area (Å²) in [5.41, 5.74) is 7.63. The Morgan fingerprint density at radius 3 is 2.11 bits per heavy atom. The van der Waals surface area contributed by atoms with Crippen LogP contribution in [0.2, 0.25) is 0 Å². The van der Waals surface area contributed by atoms with E-state index in [9.17, 15) is 0 Å². The van der Waals surface area contributed by atoms with E-state index in [-0.39, 0.29) is 0 Å². The highest BCUT2D eigenvalue weighted by Crippen LogP contribution is 2.13. The summed E-state index contributed by atoms with van der Waals surface area (Å²) in [5.74, 6) is 4.99. The van der Waals surface area contributed by atoms with Gasteiger partial charge in [0.2, 0.25) is 0 Å². The van der Waals surface area contributed by atoms with Crippen molar-refractivity contribution in [3.63, 3.8) is 0 Å². The molecule has 0 atom stereocenters. The molecule has 0 aliphatic heterocycles. The molecule has 0 aromatic heterocycles. The minimum Gasteiger partial charge on any atom is -0.303 e. The molecule has 0 bridgehead atoms.